The second-order valence-corrected chi connectivity index (χ2v) is 8.29. The van der Waals surface area contributed by atoms with Crippen LogP contribution in [-0.2, 0) is 9.53 Å². The predicted octanol–water partition coefficient (Wildman–Crippen LogP) is 5.99. The summed E-state index contributed by atoms with van der Waals surface area (Å²) in [6.45, 7) is 2.06. The highest BCUT2D eigenvalue weighted by Crippen LogP contribution is 2.29. The second kappa shape index (κ2) is 10.5. The Morgan fingerprint density at radius 2 is 2.00 bits per heavy atom. The Morgan fingerprint density at radius 3 is 2.84 bits per heavy atom. The van der Waals surface area contributed by atoms with Crippen molar-refractivity contribution >= 4 is 46.3 Å². The van der Waals surface area contributed by atoms with E-state index in [1.54, 1.807) is 29.9 Å². The van der Waals surface area contributed by atoms with E-state index in [4.69, 9.17) is 21.3 Å². The van der Waals surface area contributed by atoms with Crippen LogP contribution >= 0.6 is 11.6 Å². The fraction of sp³-hybridized carbons (Fsp3) is 0.0741. The van der Waals surface area contributed by atoms with Gasteiger partial charge < -0.3 is 10.1 Å². The van der Waals surface area contributed by atoms with Gasteiger partial charge in [-0.05, 0) is 60.5 Å². The minimum Gasteiger partial charge on any atom is -0.463 e. The number of esters is 1. The zero-order chi connectivity index (χ0) is 25.8. The Kier molecular flexibility index (Phi) is 6.87. The highest BCUT2D eigenvalue weighted by atomic mass is 35.5. The van der Waals surface area contributed by atoms with Gasteiger partial charge in [-0.25, -0.2) is 14.2 Å². The van der Waals surface area contributed by atoms with E-state index in [0.717, 1.165) is 16.6 Å². The SMILES string of the molecule is CCOC(=O)C=Cc1cccc(-c2cnc(Nc3ccc(F)c(Cl)c3)nc2-n2nnc3ccccc32)c1. The molecule has 0 aliphatic carbocycles. The van der Waals surface area contributed by atoms with Crippen molar-refractivity contribution in [1.29, 1.82) is 0 Å². The lowest BCUT2D eigenvalue weighted by molar-refractivity contribution is -0.137. The number of aromatic nitrogens is 5. The van der Waals surface area contributed by atoms with Crippen molar-refractivity contribution in [3.63, 3.8) is 0 Å². The van der Waals surface area contributed by atoms with Gasteiger partial charge in [-0.15, -0.1) is 5.10 Å². The summed E-state index contributed by atoms with van der Waals surface area (Å²) in [5.41, 5.74) is 4.28. The number of para-hydroxylation sites is 1. The van der Waals surface area contributed by atoms with Gasteiger partial charge in [0.05, 0.1) is 17.1 Å². The number of nitrogens with zero attached hydrogens (tertiary/aromatic N) is 5. The topological polar surface area (TPSA) is 94.8 Å². The molecule has 8 nitrogen and oxygen atoms in total. The molecular weight excluding hydrogens is 495 g/mol. The van der Waals surface area contributed by atoms with Gasteiger partial charge >= 0.3 is 5.97 Å². The van der Waals surface area contributed by atoms with Crippen molar-refractivity contribution < 1.29 is 13.9 Å². The molecule has 0 aliphatic rings. The van der Waals surface area contributed by atoms with E-state index in [1.165, 1.54) is 18.2 Å². The van der Waals surface area contributed by atoms with Gasteiger partial charge in [-0.3, -0.25) is 0 Å². The molecule has 2 aromatic heterocycles. The summed E-state index contributed by atoms with van der Waals surface area (Å²) >= 11 is 5.93. The van der Waals surface area contributed by atoms with Crippen LogP contribution in [0.5, 0.6) is 0 Å². The molecule has 0 radical (unpaired) electrons. The Bertz CT molecular complexity index is 1630. The molecule has 0 spiro atoms. The summed E-state index contributed by atoms with van der Waals surface area (Å²) in [5, 5.41) is 11.6. The van der Waals surface area contributed by atoms with Crippen LogP contribution in [0.15, 0.2) is 79.0 Å². The van der Waals surface area contributed by atoms with Crippen LogP contribution in [0.3, 0.4) is 0 Å². The Morgan fingerprint density at radius 1 is 1.14 bits per heavy atom. The summed E-state index contributed by atoms with van der Waals surface area (Å²) in [4.78, 5) is 20.9. The van der Waals surface area contributed by atoms with E-state index in [0.29, 0.717) is 29.2 Å². The Hall–Kier alpha value is -4.63. The lowest BCUT2D eigenvalue weighted by atomic mass is 10.0. The lowest BCUT2D eigenvalue weighted by Gasteiger charge is -2.12. The summed E-state index contributed by atoms with van der Waals surface area (Å²) in [7, 11) is 0. The largest absolute Gasteiger partial charge is 0.463 e. The number of hydrogen-bond acceptors (Lipinski definition) is 7. The van der Waals surface area contributed by atoms with Crippen molar-refractivity contribution in [2.24, 2.45) is 0 Å². The molecule has 0 fully saturated rings. The van der Waals surface area contributed by atoms with E-state index < -0.39 is 11.8 Å². The highest BCUT2D eigenvalue weighted by Gasteiger charge is 2.16. The number of rotatable bonds is 7. The fourth-order valence-corrected chi connectivity index (χ4v) is 3.87. The van der Waals surface area contributed by atoms with Crippen LogP contribution in [0.2, 0.25) is 5.02 Å². The van der Waals surface area contributed by atoms with Crippen LogP contribution in [0.25, 0.3) is 34.1 Å². The first-order valence-electron chi connectivity index (χ1n) is 11.4. The number of fused-ring (bicyclic) bond motifs is 1. The molecular formula is C27H20ClFN6O2. The molecule has 0 bridgehead atoms. The number of anilines is 2. The van der Waals surface area contributed by atoms with Crippen molar-refractivity contribution in [2.45, 2.75) is 6.92 Å². The lowest BCUT2D eigenvalue weighted by Crippen LogP contribution is -2.07. The molecule has 0 unspecified atom stereocenters. The molecule has 1 N–H and O–H groups in total. The molecule has 184 valence electrons. The van der Waals surface area contributed by atoms with Crippen molar-refractivity contribution in [1.82, 2.24) is 25.0 Å². The van der Waals surface area contributed by atoms with Gasteiger partial charge in [0.1, 0.15) is 11.3 Å². The maximum Gasteiger partial charge on any atom is 0.330 e. The Labute approximate surface area is 216 Å². The quantitative estimate of drug-likeness (QED) is 0.210. The number of nitrogens with one attached hydrogen (secondary N) is 1. The van der Waals surface area contributed by atoms with Crippen LogP contribution in [0.1, 0.15) is 12.5 Å². The third kappa shape index (κ3) is 5.31. The average molecular weight is 515 g/mol. The second-order valence-electron chi connectivity index (χ2n) is 7.89. The van der Waals surface area contributed by atoms with Gasteiger partial charge in [0.2, 0.25) is 5.95 Å². The molecule has 5 aromatic rings. The molecule has 2 heterocycles. The van der Waals surface area contributed by atoms with Crippen molar-refractivity contribution in [3.05, 3.63) is 95.4 Å². The van der Waals surface area contributed by atoms with E-state index in [9.17, 15) is 9.18 Å². The van der Waals surface area contributed by atoms with Crippen LogP contribution in [0, 0.1) is 5.82 Å². The van der Waals surface area contributed by atoms with Gasteiger partial charge in [0.25, 0.3) is 0 Å². The number of halogens is 2. The Balaban J connectivity index is 1.59. The van der Waals surface area contributed by atoms with Crippen LogP contribution < -0.4 is 5.32 Å². The highest BCUT2D eigenvalue weighted by molar-refractivity contribution is 6.31. The van der Waals surface area contributed by atoms with E-state index in [1.807, 2.05) is 48.5 Å². The van der Waals surface area contributed by atoms with Crippen molar-refractivity contribution in [3.8, 4) is 16.9 Å². The summed E-state index contributed by atoms with van der Waals surface area (Å²) in [5.74, 6) is -0.192. The maximum atomic E-state index is 13.6. The molecule has 0 saturated carbocycles. The first kappa shape index (κ1) is 24.1. The summed E-state index contributed by atoms with van der Waals surface area (Å²) in [6, 6.07) is 19.4. The molecule has 0 saturated heterocycles. The number of benzene rings is 3. The normalized spacial score (nSPS) is 11.2. The van der Waals surface area contributed by atoms with E-state index in [-0.39, 0.29) is 11.0 Å². The summed E-state index contributed by atoms with van der Waals surface area (Å²) < 4.78 is 20.2. The molecule has 0 amide bonds. The molecule has 5 rings (SSSR count). The monoisotopic (exact) mass is 514 g/mol. The first-order valence-corrected chi connectivity index (χ1v) is 11.7. The zero-order valence-corrected chi connectivity index (χ0v) is 20.4. The predicted molar refractivity (Wildman–Crippen MR) is 140 cm³/mol. The number of carbonyl (C=O) groups excluding carboxylic acids is 1. The maximum absolute atomic E-state index is 13.6. The number of hydrogen-bond donors (Lipinski definition) is 1. The summed E-state index contributed by atoms with van der Waals surface area (Å²) in [6.07, 6.45) is 4.73. The van der Waals surface area contributed by atoms with E-state index in [2.05, 4.69) is 20.6 Å². The molecule has 37 heavy (non-hydrogen) atoms. The standard InChI is InChI=1S/C27H20ClFN6O2/c1-2-37-25(36)13-10-17-6-5-7-18(14-17)20-16-30-27(31-19-11-12-22(29)21(28)15-19)32-26(20)35-24-9-4-3-8-23(24)33-34-35/h3-16H,2H2,1H3,(H,30,31,32). The molecule has 0 atom stereocenters. The third-order valence-corrected chi connectivity index (χ3v) is 5.68. The third-order valence-electron chi connectivity index (χ3n) is 5.39. The smallest absolute Gasteiger partial charge is 0.330 e. The van der Waals surface area contributed by atoms with Gasteiger partial charge in [-0.2, -0.15) is 9.67 Å². The van der Waals surface area contributed by atoms with Gasteiger partial charge in [-0.1, -0.05) is 47.1 Å². The zero-order valence-electron chi connectivity index (χ0n) is 19.6. The van der Waals surface area contributed by atoms with E-state index >= 15 is 0 Å². The van der Waals surface area contributed by atoms with Crippen LogP contribution in [0.4, 0.5) is 16.0 Å². The molecule has 0 aliphatic heterocycles. The number of carbonyl (C=O) groups is 1. The minimum absolute atomic E-state index is 0.0169. The van der Waals surface area contributed by atoms with Crippen LogP contribution in [-0.4, -0.2) is 37.5 Å². The molecule has 3 aromatic carbocycles. The van der Waals surface area contributed by atoms with Gasteiger partial charge in [0.15, 0.2) is 5.82 Å². The minimum atomic E-state index is -0.518. The van der Waals surface area contributed by atoms with Crippen molar-refractivity contribution in [2.75, 3.05) is 11.9 Å². The fourth-order valence-electron chi connectivity index (χ4n) is 3.69. The number of ether oxygens (including phenoxy) is 1. The van der Waals surface area contributed by atoms with Gasteiger partial charge in [0, 0.05) is 23.5 Å². The first-order chi connectivity index (χ1) is 18.0. The average Bonchev–Trinajstić information content (AvgIpc) is 3.34. The molecule has 10 heteroatoms.